The molecule has 27 heavy (non-hydrogen) atoms. The number of fused-ring (bicyclic) bond motifs is 3. The highest BCUT2D eigenvalue weighted by atomic mass is 79.9. The molecular formula is C22H16BrClN2O. The van der Waals surface area contributed by atoms with Gasteiger partial charge in [0.05, 0.1) is 11.8 Å². The molecule has 0 bridgehead atoms. The van der Waals surface area contributed by atoms with Crippen LogP contribution in [0.1, 0.15) is 35.4 Å². The lowest BCUT2D eigenvalue weighted by atomic mass is 9.96. The van der Waals surface area contributed by atoms with Crippen molar-refractivity contribution in [3.8, 4) is 5.75 Å². The maximum Gasteiger partial charge on any atom is 0.215 e. The van der Waals surface area contributed by atoms with Crippen LogP contribution in [-0.4, -0.2) is 10.7 Å². The van der Waals surface area contributed by atoms with Crippen molar-refractivity contribution in [2.24, 2.45) is 5.10 Å². The second-order valence-corrected chi connectivity index (χ2v) is 8.01. The van der Waals surface area contributed by atoms with Crippen molar-refractivity contribution >= 4 is 33.2 Å². The fraction of sp³-hybridized carbons (Fsp3) is 0.136. The fourth-order valence-electron chi connectivity index (χ4n) is 3.73. The molecule has 2 aliphatic rings. The highest BCUT2D eigenvalue weighted by molar-refractivity contribution is 9.10. The Bertz CT molecular complexity index is 1030. The van der Waals surface area contributed by atoms with Crippen LogP contribution in [0, 0.1) is 0 Å². The van der Waals surface area contributed by atoms with E-state index in [9.17, 15) is 0 Å². The van der Waals surface area contributed by atoms with Gasteiger partial charge in [-0.2, -0.15) is 5.10 Å². The van der Waals surface area contributed by atoms with Crippen molar-refractivity contribution in [2.45, 2.75) is 18.7 Å². The third kappa shape index (κ3) is 2.93. The molecular weight excluding hydrogens is 424 g/mol. The van der Waals surface area contributed by atoms with Crippen LogP contribution in [0.4, 0.5) is 0 Å². The van der Waals surface area contributed by atoms with E-state index < -0.39 is 0 Å². The molecule has 0 radical (unpaired) electrons. The summed E-state index contributed by atoms with van der Waals surface area (Å²) in [6, 6.07) is 24.4. The molecule has 0 saturated heterocycles. The summed E-state index contributed by atoms with van der Waals surface area (Å²) in [6.45, 7) is 0. The first-order valence-corrected chi connectivity index (χ1v) is 9.99. The van der Waals surface area contributed by atoms with Crippen molar-refractivity contribution in [3.63, 3.8) is 0 Å². The molecule has 5 heteroatoms. The second-order valence-electron chi connectivity index (χ2n) is 6.68. The molecule has 0 N–H and O–H groups in total. The lowest BCUT2D eigenvalue weighted by Crippen LogP contribution is -2.33. The third-order valence-electron chi connectivity index (χ3n) is 5.05. The van der Waals surface area contributed by atoms with Gasteiger partial charge in [0.2, 0.25) is 6.23 Å². The Morgan fingerprint density at radius 2 is 1.63 bits per heavy atom. The zero-order valence-electron chi connectivity index (χ0n) is 14.3. The quantitative estimate of drug-likeness (QED) is 0.465. The summed E-state index contributed by atoms with van der Waals surface area (Å²) in [7, 11) is 0. The van der Waals surface area contributed by atoms with Crippen LogP contribution in [0.5, 0.6) is 5.75 Å². The number of ether oxygens (including phenoxy) is 1. The van der Waals surface area contributed by atoms with Gasteiger partial charge in [-0.3, -0.25) is 0 Å². The molecule has 2 atom stereocenters. The van der Waals surface area contributed by atoms with Gasteiger partial charge in [-0.1, -0.05) is 76.1 Å². The minimum atomic E-state index is -0.341. The van der Waals surface area contributed by atoms with Gasteiger partial charge in [0, 0.05) is 27.0 Å². The van der Waals surface area contributed by atoms with Gasteiger partial charge in [-0.05, 0) is 29.8 Å². The minimum absolute atomic E-state index is 0.134. The van der Waals surface area contributed by atoms with Crippen molar-refractivity contribution in [2.75, 3.05) is 0 Å². The maximum absolute atomic E-state index is 6.49. The van der Waals surface area contributed by atoms with Gasteiger partial charge >= 0.3 is 0 Å². The number of rotatable bonds is 2. The van der Waals surface area contributed by atoms with Gasteiger partial charge in [0.1, 0.15) is 5.75 Å². The van der Waals surface area contributed by atoms with Crippen LogP contribution in [0.25, 0.3) is 0 Å². The van der Waals surface area contributed by atoms with Gasteiger partial charge in [-0.15, -0.1) is 0 Å². The molecule has 3 nitrogen and oxygen atoms in total. The van der Waals surface area contributed by atoms with Crippen molar-refractivity contribution in [3.05, 3.63) is 99.0 Å². The molecule has 3 aromatic rings. The summed E-state index contributed by atoms with van der Waals surface area (Å²) in [5.41, 5.74) is 4.28. The van der Waals surface area contributed by atoms with Crippen LogP contribution < -0.4 is 4.74 Å². The Hall–Kier alpha value is -2.30. The minimum Gasteiger partial charge on any atom is -0.464 e. The summed E-state index contributed by atoms with van der Waals surface area (Å²) in [5.74, 6) is 0.899. The lowest BCUT2D eigenvalue weighted by molar-refractivity contribution is -0.0189. The molecule has 134 valence electrons. The first-order valence-electron chi connectivity index (χ1n) is 8.82. The average molecular weight is 440 g/mol. The van der Waals surface area contributed by atoms with E-state index in [0.29, 0.717) is 5.02 Å². The Kier molecular flexibility index (Phi) is 4.18. The average Bonchev–Trinajstić information content (AvgIpc) is 3.14. The monoisotopic (exact) mass is 438 g/mol. The van der Waals surface area contributed by atoms with Gasteiger partial charge < -0.3 is 4.74 Å². The molecule has 2 heterocycles. The maximum atomic E-state index is 6.49. The molecule has 5 rings (SSSR count). The molecule has 0 unspecified atom stereocenters. The first kappa shape index (κ1) is 16.8. The van der Waals surface area contributed by atoms with Crippen LogP contribution in [0.15, 0.2) is 82.4 Å². The zero-order valence-corrected chi connectivity index (χ0v) is 16.7. The predicted octanol–water partition coefficient (Wildman–Crippen LogP) is 6.34. The Labute approximate surface area is 171 Å². The Morgan fingerprint density at radius 3 is 2.41 bits per heavy atom. The molecule has 0 saturated carbocycles. The zero-order chi connectivity index (χ0) is 18.4. The summed E-state index contributed by atoms with van der Waals surface area (Å²) >= 11 is 9.99. The van der Waals surface area contributed by atoms with Crippen molar-refractivity contribution in [1.82, 2.24) is 5.01 Å². The van der Waals surface area contributed by atoms with Gasteiger partial charge in [-0.25, -0.2) is 5.01 Å². The summed E-state index contributed by atoms with van der Waals surface area (Å²) < 4.78 is 7.40. The van der Waals surface area contributed by atoms with E-state index in [-0.39, 0.29) is 12.3 Å². The van der Waals surface area contributed by atoms with E-state index in [2.05, 4.69) is 39.1 Å². The number of hydrazone groups is 1. The standard InChI is InChI=1S/C22H16BrClN2O/c23-15-11-9-14(10-12-15)19-13-20-17-6-2-4-8-21(17)27-22(26(20)25-19)16-5-1-3-7-18(16)24/h1-12,20,22H,13H2/t20-,22-/m0/s1. The number of nitrogens with zero attached hydrogens (tertiary/aromatic N) is 2. The molecule has 2 aliphatic heterocycles. The first-order chi connectivity index (χ1) is 13.2. The fourth-order valence-corrected chi connectivity index (χ4v) is 4.22. The number of hydrogen-bond donors (Lipinski definition) is 0. The summed E-state index contributed by atoms with van der Waals surface area (Å²) in [5, 5.41) is 7.70. The van der Waals surface area contributed by atoms with E-state index in [0.717, 1.165) is 39.0 Å². The normalized spacial score (nSPS) is 20.5. The molecule has 0 fully saturated rings. The largest absolute Gasteiger partial charge is 0.464 e. The Morgan fingerprint density at radius 1 is 0.926 bits per heavy atom. The van der Waals surface area contributed by atoms with E-state index in [1.165, 1.54) is 0 Å². The molecule has 0 aliphatic carbocycles. The van der Waals surface area contributed by atoms with Crippen LogP contribution in [-0.2, 0) is 0 Å². The summed E-state index contributed by atoms with van der Waals surface area (Å²) in [4.78, 5) is 0. The SMILES string of the molecule is Clc1ccccc1[C@@H]1Oc2ccccc2[C@@H]2CC(c3ccc(Br)cc3)=NN21. The van der Waals surface area contributed by atoms with Gasteiger partial charge in [0.25, 0.3) is 0 Å². The molecule has 0 aromatic heterocycles. The number of halogens is 2. The van der Waals surface area contributed by atoms with Gasteiger partial charge in [0.15, 0.2) is 0 Å². The predicted molar refractivity (Wildman–Crippen MR) is 111 cm³/mol. The van der Waals surface area contributed by atoms with Crippen LogP contribution in [0.3, 0.4) is 0 Å². The highest BCUT2D eigenvalue weighted by Crippen LogP contribution is 2.48. The van der Waals surface area contributed by atoms with Crippen LogP contribution in [0.2, 0.25) is 5.02 Å². The van der Waals surface area contributed by atoms with E-state index in [1.807, 2.05) is 54.6 Å². The summed E-state index contributed by atoms with van der Waals surface area (Å²) in [6.07, 6.45) is 0.495. The highest BCUT2D eigenvalue weighted by Gasteiger charge is 2.41. The smallest absolute Gasteiger partial charge is 0.215 e. The van der Waals surface area contributed by atoms with Crippen molar-refractivity contribution in [1.29, 1.82) is 0 Å². The van der Waals surface area contributed by atoms with Crippen molar-refractivity contribution < 1.29 is 4.74 Å². The van der Waals surface area contributed by atoms with E-state index in [4.69, 9.17) is 21.4 Å². The van der Waals surface area contributed by atoms with E-state index in [1.54, 1.807) is 0 Å². The number of benzene rings is 3. The number of para-hydroxylation sites is 1. The lowest BCUT2D eigenvalue weighted by Gasteiger charge is -2.38. The van der Waals surface area contributed by atoms with Crippen LogP contribution >= 0.6 is 27.5 Å². The topological polar surface area (TPSA) is 24.8 Å². The second kappa shape index (κ2) is 6.70. The van der Waals surface area contributed by atoms with E-state index >= 15 is 0 Å². The number of hydrogen-bond acceptors (Lipinski definition) is 3. The third-order valence-corrected chi connectivity index (χ3v) is 5.92. The molecule has 0 spiro atoms. The molecule has 3 aromatic carbocycles. The molecule has 0 amide bonds. The Balaban J connectivity index is 1.61.